The van der Waals surface area contributed by atoms with Crippen LogP contribution in [0, 0.1) is 0 Å². The van der Waals surface area contributed by atoms with Crippen molar-refractivity contribution >= 4 is 10.9 Å². The molecule has 1 aromatic heterocycles. The molecule has 0 spiro atoms. The predicted molar refractivity (Wildman–Crippen MR) is 135 cm³/mol. The van der Waals surface area contributed by atoms with Gasteiger partial charge in [-0.3, -0.25) is 4.90 Å². The number of para-hydroxylation sites is 2. The van der Waals surface area contributed by atoms with Crippen molar-refractivity contribution in [3.8, 4) is 17.2 Å². The molecular formula is C29H30N2O4. The molecule has 6 heteroatoms. The molecular weight excluding hydrogens is 440 g/mol. The van der Waals surface area contributed by atoms with Crippen LogP contribution in [-0.4, -0.2) is 35.3 Å². The maximum Gasteiger partial charge on any atom is 0.161 e. The molecule has 6 rings (SSSR count). The van der Waals surface area contributed by atoms with Crippen molar-refractivity contribution in [2.45, 2.75) is 38.8 Å². The molecule has 3 aromatic carbocycles. The molecule has 1 N–H and O–H groups in total. The Morgan fingerprint density at radius 1 is 0.943 bits per heavy atom. The number of nitrogens with zero attached hydrogens (tertiary/aromatic N) is 2. The van der Waals surface area contributed by atoms with Gasteiger partial charge in [0.1, 0.15) is 19.1 Å². The average Bonchev–Trinajstić information content (AvgIpc) is 3.22. The van der Waals surface area contributed by atoms with Gasteiger partial charge < -0.3 is 23.9 Å². The summed E-state index contributed by atoms with van der Waals surface area (Å²) in [5.74, 6) is 2.34. The van der Waals surface area contributed by atoms with E-state index in [1.54, 1.807) is 14.2 Å². The lowest BCUT2D eigenvalue weighted by Crippen LogP contribution is -2.39. The number of fused-ring (bicyclic) bond motifs is 6. The van der Waals surface area contributed by atoms with Crippen LogP contribution in [-0.2, 0) is 32.7 Å². The van der Waals surface area contributed by atoms with Crippen LogP contribution in [0.5, 0.6) is 17.2 Å². The molecule has 0 fully saturated rings. The smallest absolute Gasteiger partial charge is 0.161 e. The molecule has 6 nitrogen and oxygen atoms in total. The number of rotatable bonds is 6. The van der Waals surface area contributed by atoms with Crippen molar-refractivity contribution in [1.29, 1.82) is 0 Å². The summed E-state index contributed by atoms with van der Waals surface area (Å²) in [6.07, 6.45) is 1.87. The third kappa shape index (κ3) is 3.65. The van der Waals surface area contributed by atoms with E-state index < -0.39 is 0 Å². The minimum atomic E-state index is 0.00562. The molecule has 2 aliphatic heterocycles. The number of hydrogen-bond acceptors (Lipinski definition) is 5. The van der Waals surface area contributed by atoms with Gasteiger partial charge in [-0.1, -0.05) is 36.4 Å². The van der Waals surface area contributed by atoms with Crippen molar-refractivity contribution in [2.24, 2.45) is 0 Å². The van der Waals surface area contributed by atoms with Crippen LogP contribution >= 0.6 is 0 Å². The lowest BCUT2D eigenvalue weighted by molar-refractivity contribution is 0.145. The van der Waals surface area contributed by atoms with Crippen molar-refractivity contribution in [1.82, 2.24) is 9.47 Å². The molecule has 0 aliphatic carbocycles. The molecule has 180 valence electrons. The van der Waals surface area contributed by atoms with Gasteiger partial charge in [-0.2, -0.15) is 0 Å². The molecule has 0 saturated heterocycles. The molecule has 0 saturated carbocycles. The monoisotopic (exact) mass is 470 g/mol. The summed E-state index contributed by atoms with van der Waals surface area (Å²) in [6.45, 7) is 2.23. The van der Waals surface area contributed by atoms with Crippen LogP contribution in [0.3, 0.4) is 0 Å². The molecule has 1 unspecified atom stereocenters. The van der Waals surface area contributed by atoms with Crippen LogP contribution in [0.1, 0.15) is 34.0 Å². The Labute approximate surface area is 205 Å². The van der Waals surface area contributed by atoms with E-state index in [4.69, 9.17) is 14.2 Å². The summed E-state index contributed by atoms with van der Waals surface area (Å²) in [5.41, 5.74) is 7.32. The SMILES string of the molecule is COc1ccccc1COc1cc2c(cc1OC)C1Cc3c(n(CO)c4ccccc34)CN1CC2. The van der Waals surface area contributed by atoms with Crippen LogP contribution in [0.25, 0.3) is 10.9 Å². The average molecular weight is 471 g/mol. The van der Waals surface area contributed by atoms with Gasteiger partial charge in [0, 0.05) is 35.8 Å². The lowest BCUT2D eigenvalue weighted by atomic mass is 9.85. The van der Waals surface area contributed by atoms with Crippen molar-refractivity contribution in [3.05, 3.63) is 88.6 Å². The van der Waals surface area contributed by atoms with Gasteiger partial charge in [0.15, 0.2) is 11.5 Å². The van der Waals surface area contributed by atoms with Gasteiger partial charge in [0.05, 0.1) is 19.7 Å². The summed E-state index contributed by atoms with van der Waals surface area (Å²) < 4.78 is 19.6. The number of aromatic nitrogens is 1. The zero-order chi connectivity index (χ0) is 23.9. The van der Waals surface area contributed by atoms with Crippen LogP contribution in [0.15, 0.2) is 60.7 Å². The van der Waals surface area contributed by atoms with Gasteiger partial charge >= 0.3 is 0 Å². The molecule has 0 amide bonds. The second kappa shape index (κ2) is 8.95. The van der Waals surface area contributed by atoms with Crippen molar-refractivity contribution < 1.29 is 19.3 Å². The second-order valence-electron chi connectivity index (χ2n) is 9.25. The Morgan fingerprint density at radius 3 is 2.57 bits per heavy atom. The fourth-order valence-corrected chi connectivity index (χ4v) is 5.82. The molecule has 4 aromatic rings. The third-order valence-corrected chi connectivity index (χ3v) is 7.56. The summed E-state index contributed by atoms with van der Waals surface area (Å²) >= 11 is 0. The van der Waals surface area contributed by atoms with E-state index in [2.05, 4.69) is 39.8 Å². The minimum absolute atomic E-state index is 0.00562. The molecule has 0 bridgehead atoms. The topological polar surface area (TPSA) is 56.1 Å². The van der Waals surface area contributed by atoms with Gasteiger partial charge in [0.25, 0.3) is 0 Å². The lowest BCUT2D eigenvalue weighted by Gasteiger charge is -2.41. The normalized spacial score (nSPS) is 16.9. The maximum atomic E-state index is 10.1. The van der Waals surface area contributed by atoms with Gasteiger partial charge in [-0.25, -0.2) is 0 Å². The van der Waals surface area contributed by atoms with E-state index in [9.17, 15) is 5.11 Å². The van der Waals surface area contributed by atoms with Crippen molar-refractivity contribution in [2.75, 3.05) is 20.8 Å². The van der Waals surface area contributed by atoms with E-state index in [0.29, 0.717) is 6.61 Å². The van der Waals surface area contributed by atoms with Crippen LogP contribution < -0.4 is 14.2 Å². The highest BCUT2D eigenvalue weighted by molar-refractivity contribution is 5.86. The largest absolute Gasteiger partial charge is 0.496 e. The van der Waals surface area contributed by atoms with Gasteiger partial charge in [0.2, 0.25) is 0 Å². The highest BCUT2D eigenvalue weighted by Crippen LogP contribution is 2.44. The quantitative estimate of drug-likeness (QED) is 0.437. The second-order valence-corrected chi connectivity index (χ2v) is 9.25. The first-order chi connectivity index (χ1) is 17.2. The van der Waals surface area contributed by atoms with Crippen molar-refractivity contribution in [3.63, 3.8) is 0 Å². The zero-order valence-electron chi connectivity index (χ0n) is 20.2. The summed E-state index contributed by atoms with van der Waals surface area (Å²) in [5, 5.41) is 11.3. The number of methoxy groups -OCH3 is 2. The highest BCUT2D eigenvalue weighted by Gasteiger charge is 2.35. The Balaban J connectivity index is 1.34. The first-order valence-electron chi connectivity index (χ1n) is 12.1. The van der Waals surface area contributed by atoms with E-state index in [0.717, 1.165) is 54.3 Å². The Kier molecular flexibility index (Phi) is 5.63. The third-order valence-electron chi connectivity index (χ3n) is 7.56. The first-order valence-corrected chi connectivity index (χ1v) is 12.1. The predicted octanol–water partition coefficient (Wildman–Crippen LogP) is 4.84. The van der Waals surface area contributed by atoms with Crippen LogP contribution in [0.4, 0.5) is 0 Å². The Bertz CT molecular complexity index is 1390. The summed E-state index contributed by atoms with van der Waals surface area (Å²) in [6, 6.07) is 20.9. The molecule has 2 aliphatic rings. The van der Waals surface area contributed by atoms with E-state index in [-0.39, 0.29) is 12.8 Å². The van der Waals surface area contributed by atoms with E-state index in [1.807, 2.05) is 30.3 Å². The minimum Gasteiger partial charge on any atom is -0.496 e. The Morgan fingerprint density at radius 2 is 1.74 bits per heavy atom. The molecule has 1 atom stereocenters. The molecule has 3 heterocycles. The van der Waals surface area contributed by atoms with Gasteiger partial charge in [-0.05, 0) is 53.8 Å². The number of aliphatic hydroxyl groups is 1. The number of ether oxygens (including phenoxy) is 3. The fourth-order valence-electron chi connectivity index (χ4n) is 5.82. The fraction of sp³-hybridized carbons (Fsp3) is 0.310. The zero-order valence-corrected chi connectivity index (χ0v) is 20.2. The summed E-state index contributed by atoms with van der Waals surface area (Å²) in [7, 11) is 3.38. The molecule has 0 radical (unpaired) electrons. The van der Waals surface area contributed by atoms with Gasteiger partial charge in [-0.15, -0.1) is 0 Å². The first kappa shape index (κ1) is 22.0. The van der Waals surface area contributed by atoms with E-state index in [1.165, 1.54) is 27.8 Å². The number of hydrogen-bond donors (Lipinski definition) is 1. The number of benzene rings is 3. The van der Waals surface area contributed by atoms with E-state index >= 15 is 0 Å². The number of aliphatic hydroxyl groups excluding tert-OH is 1. The summed E-state index contributed by atoms with van der Waals surface area (Å²) in [4.78, 5) is 2.53. The maximum absolute atomic E-state index is 10.1. The molecule has 35 heavy (non-hydrogen) atoms. The standard InChI is InChI=1S/C29H30N2O4/c1-33-27-10-6-3-7-20(27)17-35-29-13-19-11-12-30-16-26-23(14-25(30)22(19)15-28(29)34-2)21-8-4-5-9-24(21)31(26)18-32/h3-10,13,15,25,32H,11-12,14,16-18H2,1-2H3. The van der Waals surface area contributed by atoms with Crippen LogP contribution in [0.2, 0.25) is 0 Å². The highest BCUT2D eigenvalue weighted by atomic mass is 16.5. The Hall–Kier alpha value is -3.48.